The summed E-state index contributed by atoms with van der Waals surface area (Å²) in [6.07, 6.45) is 0. The lowest BCUT2D eigenvalue weighted by molar-refractivity contribution is 0.0994. The number of amides is 3. The number of primary amides is 2. The van der Waals surface area contributed by atoms with Crippen molar-refractivity contribution in [1.82, 2.24) is 4.57 Å². The minimum Gasteiger partial charge on any atom is -0.364 e. The number of hydrogen-bond donors (Lipinski definition) is 3. The summed E-state index contributed by atoms with van der Waals surface area (Å²) in [5, 5.41) is 3.10. The minimum atomic E-state index is -0.885. The Balaban J connectivity index is 2.19. The monoisotopic (exact) mass is 362 g/mol. The van der Waals surface area contributed by atoms with Crippen LogP contribution in [0.15, 0.2) is 36.4 Å². The average Bonchev–Trinajstić information content (AvgIpc) is 3.09. The summed E-state index contributed by atoms with van der Waals surface area (Å²) in [6.45, 7) is 0. The van der Waals surface area contributed by atoms with E-state index in [9.17, 15) is 14.4 Å². The normalized spacial score (nSPS) is 10.7. The third-order valence-corrected chi connectivity index (χ3v) is 4.59. The van der Waals surface area contributed by atoms with Crippen LogP contribution in [0.5, 0.6) is 0 Å². The van der Waals surface area contributed by atoms with Crippen molar-refractivity contribution in [2.75, 3.05) is 5.32 Å². The van der Waals surface area contributed by atoms with Crippen LogP contribution >= 0.6 is 22.9 Å². The number of rotatable bonds is 3. The molecule has 0 spiro atoms. The number of para-hydroxylation sites is 1. The van der Waals surface area contributed by atoms with Crippen LogP contribution in [-0.4, -0.2) is 22.4 Å². The second-order valence-corrected chi connectivity index (χ2v) is 6.55. The maximum absolute atomic E-state index is 12.4. The molecule has 0 saturated carbocycles. The van der Waals surface area contributed by atoms with Gasteiger partial charge in [-0.1, -0.05) is 29.8 Å². The number of carbonyl (C=O) groups is 3. The van der Waals surface area contributed by atoms with Crippen LogP contribution in [0.1, 0.15) is 20.2 Å². The fourth-order valence-electron chi connectivity index (χ4n) is 2.44. The first-order valence-corrected chi connectivity index (χ1v) is 7.89. The number of thiophene rings is 1. The quantitative estimate of drug-likeness (QED) is 0.664. The van der Waals surface area contributed by atoms with Gasteiger partial charge in [0.2, 0.25) is 0 Å². The fourth-order valence-corrected chi connectivity index (χ4v) is 3.38. The molecule has 3 aromatic rings. The Morgan fingerprint density at radius 2 is 1.79 bits per heavy atom. The van der Waals surface area contributed by atoms with Crippen molar-refractivity contribution in [3.8, 4) is 0 Å². The molecule has 1 aromatic carbocycles. The molecule has 0 unspecified atom stereocenters. The summed E-state index contributed by atoms with van der Waals surface area (Å²) in [6, 6.07) is 8.90. The maximum atomic E-state index is 12.4. The summed E-state index contributed by atoms with van der Waals surface area (Å²) in [5.74, 6) is -1.36. The summed E-state index contributed by atoms with van der Waals surface area (Å²) >= 11 is 6.92. The third-order valence-electron chi connectivity index (χ3n) is 3.36. The first kappa shape index (κ1) is 16.0. The molecule has 5 N–H and O–H groups in total. The highest BCUT2D eigenvalue weighted by atomic mass is 35.5. The number of nitrogens with one attached hydrogen (secondary N) is 1. The van der Waals surface area contributed by atoms with Gasteiger partial charge in [-0.05, 0) is 18.2 Å². The van der Waals surface area contributed by atoms with Crippen molar-refractivity contribution < 1.29 is 14.4 Å². The van der Waals surface area contributed by atoms with Crippen molar-refractivity contribution >= 4 is 57.4 Å². The lowest BCUT2D eigenvalue weighted by atomic mass is 10.2. The van der Waals surface area contributed by atoms with Crippen molar-refractivity contribution in [1.29, 1.82) is 0 Å². The van der Waals surface area contributed by atoms with Crippen molar-refractivity contribution in [3.05, 3.63) is 51.3 Å². The number of fused-ring (bicyclic) bond motifs is 1. The van der Waals surface area contributed by atoms with E-state index in [1.165, 1.54) is 0 Å². The molecule has 2 heterocycles. The molecule has 3 rings (SSSR count). The third kappa shape index (κ3) is 2.61. The number of nitrogens with zero attached hydrogens (tertiary/aromatic N) is 1. The largest absolute Gasteiger partial charge is 0.364 e. The van der Waals surface area contributed by atoms with E-state index < -0.39 is 17.8 Å². The van der Waals surface area contributed by atoms with Crippen LogP contribution in [-0.2, 0) is 0 Å². The van der Waals surface area contributed by atoms with E-state index >= 15 is 0 Å². The first-order chi connectivity index (χ1) is 11.4. The minimum absolute atomic E-state index is 0.131. The van der Waals surface area contributed by atoms with Gasteiger partial charge < -0.3 is 16.8 Å². The lowest BCUT2D eigenvalue weighted by Crippen LogP contribution is -2.27. The number of hydrogen-bond acceptors (Lipinski definition) is 4. The summed E-state index contributed by atoms with van der Waals surface area (Å²) < 4.78 is 1.43. The first-order valence-electron chi connectivity index (χ1n) is 6.70. The molecule has 7 nitrogen and oxygen atoms in total. The molecule has 9 heteroatoms. The molecule has 0 aliphatic rings. The zero-order chi connectivity index (χ0) is 17.4. The van der Waals surface area contributed by atoms with Gasteiger partial charge in [0.25, 0.3) is 11.8 Å². The molecule has 0 radical (unpaired) electrons. The van der Waals surface area contributed by atoms with Crippen LogP contribution < -0.4 is 16.8 Å². The highest BCUT2D eigenvalue weighted by Gasteiger charge is 2.25. The standard InChI is InChI=1S/C15H11ClN4O3S/c16-10-6-5-9(24-10)14(22)19-11-7-3-1-2-4-8(7)20(15(18)23)12(11)13(17)21/h1-6H,(H2,17,21)(H2,18,23)(H,19,22). The van der Waals surface area contributed by atoms with Gasteiger partial charge in [0.05, 0.1) is 20.4 Å². The summed E-state index contributed by atoms with van der Waals surface area (Å²) in [7, 11) is 0. The van der Waals surface area contributed by atoms with E-state index in [4.69, 9.17) is 23.1 Å². The Morgan fingerprint density at radius 1 is 1.08 bits per heavy atom. The van der Waals surface area contributed by atoms with Gasteiger partial charge >= 0.3 is 6.03 Å². The Kier molecular flexibility index (Phi) is 4.00. The van der Waals surface area contributed by atoms with E-state index in [0.717, 1.165) is 15.9 Å². The molecular weight excluding hydrogens is 352 g/mol. The smallest absolute Gasteiger partial charge is 0.324 e. The number of benzene rings is 1. The Bertz CT molecular complexity index is 992. The van der Waals surface area contributed by atoms with Crippen molar-refractivity contribution in [3.63, 3.8) is 0 Å². The van der Waals surface area contributed by atoms with E-state index in [0.29, 0.717) is 20.1 Å². The van der Waals surface area contributed by atoms with Gasteiger partial charge in [0.1, 0.15) is 5.69 Å². The molecule has 0 atom stereocenters. The zero-order valence-electron chi connectivity index (χ0n) is 12.1. The van der Waals surface area contributed by atoms with Crippen molar-refractivity contribution in [2.24, 2.45) is 11.5 Å². The van der Waals surface area contributed by atoms with Gasteiger partial charge in [0.15, 0.2) is 0 Å². The number of anilines is 1. The average molecular weight is 363 g/mol. The van der Waals surface area contributed by atoms with Gasteiger partial charge in [0, 0.05) is 5.39 Å². The van der Waals surface area contributed by atoms with Gasteiger partial charge in [-0.3, -0.25) is 14.2 Å². The fraction of sp³-hybridized carbons (Fsp3) is 0. The number of nitrogens with two attached hydrogens (primary N) is 2. The van der Waals surface area contributed by atoms with Crippen molar-refractivity contribution in [2.45, 2.75) is 0 Å². The second kappa shape index (κ2) is 5.99. The molecule has 2 aromatic heterocycles. The van der Waals surface area contributed by atoms with Crippen LogP contribution in [0.3, 0.4) is 0 Å². The molecule has 0 saturated heterocycles. The van der Waals surface area contributed by atoms with Gasteiger partial charge in [-0.2, -0.15) is 0 Å². The lowest BCUT2D eigenvalue weighted by Gasteiger charge is -2.06. The summed E-state index contributed by atoms with van der Waals surface area (Å²) in [4.78, 5) is 36.4. The predicted octanol–water partition coefficient (Wildman–Crippen LogP) is 2.63. The topological polar surface area (TPSA) is 120 Å². The second-order valence-electron chi connectivity index (χ2n) is 4.84. The number of carbonyl (C=O) groups excluding carboxylic acids is 3. The molecule has 3 amide bonds. The Labute approximate surface area is 144 Å². The molecule has 0 bridgehead atoms. The number of aromatic nitrogens is 1. The SMILES string of the molecule is NC(=O)c1c(NC(=O)c2ccc(Cl)s2)c2ccccc2n1C(N)=O. The van der Waals surface area contributed by atoms with Crippen LogP contribution in [0.2, 0.25) is 4.34 Å². The summed E-state index contributed by atoms with van der Waals surface area (Å²) in [5.41, 5.74) is 11.1. The van der Waals surface area contributed by atoms with Gasteiger partial charge in [-0.25, -0.2) is 4.79 Å². The maximum Gasteiger partial charge on any atom is 0.324 e. The molecular formula is C15H11ClN4O3S. The zero-order valence-corrected chi connectivity index (χ0v) is 13.6. The van der Waals surface area contributed by atoms with E-state index in [1.54, 1.807) is 36.4 Å². The van der Waals surface area contributed by atoms with E-state index in [-0.39, 0.29) is 11.4 Å². The highest BCUT2D eigenvalue weighted by Crippen LogP contribution is 2.32. The molecule has 122 valence electrons. The van der Waals surface area contributed by atoms with Crippen LogP contribution in [0.4, 0.5) is 10.5 Å². The number of halogens is 1. The molecule has 0 aliphatic heterocycles. The molecule has 24 heavy (non-hydrogen) atoms. The highest BCUT2D eigenvalue weighted by molar-refractivity contribution is 7.18. The Morgan fingerprint density at radius 3 is 2.38 bits per heavy atom. The van der Waals surface area contributed by atoms with E-state index in [1.807, 2.05) is 0 Å². The molecule has 0 aliphatic carbocycles. The van der Waals surface area contributed by atoms with E-state index in [2.05, 4.69) is 5.32 Å². The predicted molar refractivity (Wildman–Crippen MR) is 92.7 cm³/mol. The molecule has 0 fully saturated rings. The van der Waals surface area contributed by atoms with Crippen LogP contribution in [0, 0.1) is 0 Å². The van der Waals surface area contributed by atoms with Crippen LogP contribution in [0.25, 0.3) is 10.9 Å². The van der Waals surface area contributed by atoms with Gasteiger partial charge in [-0.15, -0.1) is 11.3 Å². The Hall–Kier alpha value is -2.84.